The summed E-state index contributed by atoms with van der Waals surface area (Å²) in [6, 6.07) is 0. The van der Waals surface area contributed by atoms with E-state index < -0.39 is 5.97 Å². The molecular formula is C9H18ClNO2. The van der Waals surface area contributed by atoms with E-state index in [1.165, 1.54) is 0 Å². The number of piperidine rings is 1. The maximum absolute atomic E-state index is 10.5. The Labute approximate surface area is 85.3 Å². The van der Waals surface area contributed by atoms with E-state index in [4.69, 9.17) is 5.11 Å². The number of carboxylic acids is 1. The number of nitrogens with one attached hydrogen (secondary N) is 1. The highest BCUT2D eigenvalue weighted by molar-refractivity contribution is 5.85. The van der Waals surface area contributed by atoms with Crippen molar-refractivity contribution in [2.75, 3.05) is 6.54 Å². The van der Waals surface area contributed by atoms with Crippen molar-refractivity contribution >= 4 is 18.4 Å². The molecule has 1 aliphatic rings. The molecule has 0 saturated carbocycles. The molecule has 0 radical (unpaired) electrons. The molecule has 0 aromatic heterocycles. The van der Waals surface area contributed by atoms with Crippen molar-refractivity contribution in [1.29, 1.82) is 0 Å². The Kier molecular flexibility index (Phi) is 4.71. The summed E-state index contributed by atoms with van der Waals surface area (Å²) in [4.78, 5) is 10.5. The van der Waals surface area contributed by atoms with E-state index in [9.17, 15) is 4.79 Å². The van der Waals surface area contributed by atoms with Crippen LogP contribution < -0.4 is 5.32 Å². The number of rotatable bonds is 2. The summed E-state index contributed by atoms with van der Waals surface area (Å²) in [6.07, 6.45) is 2.29. The van der Waals surface area contributed by atoms with E-state index in [-0.39, 0.29) is 17.9 Å². The van der Waals surface area contributed by atoms with Gasteiger partial charge in [0.05, 0.1) is 0 Å². The molecule has 4 heteroatoms. The second-order valence-corrected chi connectivity index (χ2v) is 4.27. The third-order valence-electron chi connectivity index (χ3n) is 2.42. The number of hydrogen-bond acceptors (Lipinski definition) is 2. The molecule has 1 aliphatic heterocycles. The van der Waals surface area contributed by atoms with Crippen molar-refractivity contribution in [2.45, 2.75) is 38.6 Å². The minimum atomic E-state index is -0.669. The first-order chi connectivity index (χ1) is 5.49. The Morgan fingerprint density at radius 3 is 2.69 bits per heavy atom. The van der Waals surface area contributed by atoms with E-state index in [0.717, 1.165) is 19.4 Å². The summed E-state index contributed by atoms with van der Waals surface area (Å²) in [6.45, 7) is 5.20. The van der Waals surface area contributed by atoms with Gasteiger partial charge in [-0.25, -0.2) is 0 Å². The molecule has 1 saturated heterocycles. The van der Waals surface area contributed by atoms with Gasteiger partial charge in [0.15, 0.2) is 0 Å². The van der Waals surface area contributed by atoms with Crippen molar-refractivity contribution in [2.24, 2.45) is 5.92 Å². The summed E-state index contributed by atoms with van der Waals surface area (Å²) in [5, 5.41) is 12.0. The Hall–Kier alpha value is -0.280. The van der Waals surface area contributed by atoms with Gasteiger partial charge >= 0.3 is 5.97 Å². The van der Waals surface area contributed by atoms with Crippen molar-refractivity contribution < 1.29 is 9.90 Å². The minimum absolute atomic E-state index is 0. The van der Waals surface area contributed by atoms with Crippen LogP contribution in [0.3, 0.4) is 0 Å². The van der Waals surface area contributed by atoms with E-state index in [1.807, 2.05) is 0 Å². The highest BCUT2D eigenvalue weighted by atomic mass is 35.5. The van der Waals surface area contributed by atoms with Crippen LogP contribution in [0.25, 0.3) is 0 Å². The molecule has 2 N–H and O–H groups in total. The highest BCUT2D eigenvalue weighted by Gasteiger charge is 2.28. The van der Waals surface area contributed by atoms with Crippen LogP contribution >= 0.6 is 12.4 Å². The lowest BCUT2D eigenvalue weighted by Crippen LogP contribution is -2.46. The van der Waals surface area contributed by atoms with Gasteiger partial charge in [-0.15, -0.1) is 12.4 Å². The minimum Gasteiger partial charge on any atom is -0.481 e. The zero-order valence-corrected chi connectivity index (χ0v) is 8.99. The highest BCUT2D eigenvalue weighted by Crippen LogP contribution is 2.25. The number of halogens is 1. The predicted octanol–water partition coefficient (Wildman–Crippen LogP) is 1.66. The van der Waals surface area contributed by atoms with Crippen LogP contribution in [-0.4, -0.2) is 23.2 Å². The van der Waals surface area contributed by atoms with Crippen molar-refractivity contribution in [3.05, 3.63) is 0 Å². The van der Waals surface area contributed by atoms with Gasteiger partial charge in [-0.3, -0.25) is 4.79 Å². The fraction of sp³-hybridized carbons (Fsp3) is 0.889. The Morgan fingerprint density at radius 2 is 2.23 bits per heavy atom. The zero-order valence-electron chi connectivity index (χ0n) is 8.17. The molecule has 13 heavy (non-hydrogen) atoms. The van der Waals surface area contributed by atoms with E-state index in [0.29, 0.717) is 12.3 Å². The van der Waals surface area contributed by atoms with Crippen molar-refractivity contribution in [3.8, 4) is 0 Å². The fourth-order valence-corrected chi connectivity index (χ4v) is 1.93. The predicted molar refractivity (Wildman–Crippen MR) is 54.3 cm³/mol. The molecule has 0 aromatic rings. The SMILES string of the molecule is CC1(C)CC(CC(=O)O)CCN1.Cl. The van der Waals surface area contributed by atoms with Gasteiger partial charge in [0.25, 0.3) is 0 Å². The van der Waals surface area contributed by atoms with Crippen LogP contribution in [0, 0.1) is 5.92 Å². The van der Waals surface area contributed by atoms with Gasteiger partial charge in [0, 0.05) is 12.0 Å². The molecule has 3 nitrogen and oxygen atoms in total. The first kappa shape index (κ1) is 12.7. The summed E-state index contributed by atoms with van der Waals surface area (Å²) < 4.78 is 0. The topological polar surface area (TPSA) is 49.3 Å². The van der Waals surface area contributed by atoms with Crippen LogP contribution in [0.2, 0.25) is 0 Å². The largest absolute Gasteiger partial charge is 0.481 e. The monoisotopic (exact) mass is 207 g/mol. The average Bonchev–Trinajstić information content (AvgIpc) is 1.82. The molecular weight excluding hydrogens is 190 g/mol. The lowest BCUT2D eigenvalue weighted by Gasteiger charge is -2.35. The molecule has 0 bridgehead atoms. The lowest BCUT2D eigenvalue weighted by molar-refractivity contribution is -0.138. The maximum Gasteiger partial charge on any atom is 0.303 e. The van der Waals surface area contributed by atoms with Crippen LogP contribution in [-0.2, 0) is 4.79 Å². The van der Waals surface area contributed by atoms with Crippen LogP contribution in [0.15, 0.2) is 0 Å². The molecule has 1 unspecified atom stereocenters. The van der Waals surface area contributed by atoms with Crippen molar-refractivity contribution in [1.82, 2.24) is 5.32 Å². The number of carboxylic acid groups (broad SMARTS) is 1. The van der Waals surface area contributed by atoms with Crippen LogP contribution in [0.4, 0.5) is 0 Å². The molecule has 1 atom stereocenters. The Balaban J connectivity index is 0.00000144. The van der Waals surface area contributed by atoms with E-state index in [2.05, 4.69) is 19.2 Å². The van der Waals surface area contributed by atoms with Crippen molar-refractivity contribution in [3.63, 3.8) is 0 Å². The van der Waals surface area contributed by atoms with Gasteiger partial charge < -0.3 is 10.4 Å². The van der Waals surface area contributed by atoms with Gasteiger partial charge in [-0.1, -0.05) is 0 Å². The second kappa shape index (κ2) is 4.82. The quantitative estimate of drug-likeness (QED) is 0.724. The molecule has 1 heterocycles. The van der Waals surface area contributed by atoms with Gasteiger partial charge in [0.1, 0.15) is 0 Å². The standard InChI is InChI=1S/C9H17NO2.ClH/c1-9(2)6-7(3-4-10-9)5-8(11)12;/h7,10H,3-6H2,1-2H3,(H,11,12);1H. The summed E-state index contributed by atoms with van der Waals surface area (Å²) in [7, 11) is 0. The molecule has 0 aliphatic carbocycles. The Morgan fingerprint density at radius 1 is 1.62 bits per heavy atom. The lowest BCUT2D eigenvalue weighted by atomic mass is 9.83. The fourth-order valence-electron chi connectivity index (χ4n) is 1.93. The number of hydrogen-bond donors (Lipinski definition) is 2. The number of carbonyl (C=O) groups is 1. The second-order valence-electron chi connectivity index (χ2n) is 4.27. The molecule has 0 spiro atoms. The van der Waals surface area contributed by atoms with Crippen LogP contribution in [0.5, 0.6) is 0 Å². The molecule has 1 rings (SSSR count). The van der Waals surface area contributed by atoms with Gasteiger partial charge in [-0.05, 0) is 39.2 Å². The first-order valence-electron chi connectivity index (χ1n) is 4.46. The average molecular weight is 208 g/mol. The summed E-state index contributed by atoms with van der Waals surface area (Å²) in [5.74, 6) is -0.309. The van der Waals surface area contributed by atoms with Crippen LogP contribution in [0.1, 0.15) is 33.1 Å². The molecule has 0 amide bonds. The van der Waals surface area contributed by atoms with Gasteiger partial charge in [0.2, 0.25) is 0 Å². The zero-order chi connectivity index (χ0) is 9.19. The molecule has 78 valence electrons. The van der Waals surface area contributed by atoms with Gasteiger partial charge in [-0.2, -0.15) is 0 Å². The van der Waals surface area contributed by atoms with E-state index >= 15 is 0 Å². The summed E-state index contributed by atoms with van der Waals surface area (Å²) >= 11 is 0. The Bertz CT molecular complexity index is 182. The smallest absolute Gasteiger partial charge is 0.303 e. The third kappa shape index (κ3) is 4.48. The summed E-state index contributed by atoms with van der Waals surface area (Å²) in [5.41, 5.74) is 0.123. The third-order valence-corrected chi connectivity index (χ3v) is 2.42. The normalized spacial score (nSPS) is 26.2. The number of aliphatic carboxylic acids is 1. The molecule has 0 aromatic carbocycles. The maximum atomic E-state index is 10.5. The first-order valence-corrected chi connectivity index (χ1v) is 4.46. The van der Waals surface area contributed by atoms with E-state index in [1.54, 1.807) is 0 Å². The molecule has 1 fully saturated rings.